The van der Waals surface area contributed by atoms with Gasteiger partial charge in [-0.25, -0.2) is 0 Å². The van der Waals surface area contributed by atoms with Gasteiger partial charge in [0.25, 0.3) is 5.91 Å². The van der Waals surface area contributed by atoms with Crippen molar-refractivity contribution in [2.75, 3.05) is 11.4 Å². The molecule has 6 heteroatoms. The summed E-state index contributed by atoms with van der Waals surface area (Å²) in [5, 5.41) is 3.57. The van der Waals surface area contributed by atoms with Crippen molar-refractivity contribution < 1.29 is 9.59 Å². The van der Waals surface area contributed by atoms with E-state index in [2.05, 4.69) is 5.32 Å². The SMILES string of the molecule is CCC(C)NC(=O)CN1C(=O)/C(=C/c2ccc(Cl)cc2)Sc2ccccc21. The lowest BCUT2D eigenvalue weighted by atomic mass is 10.2. The van der Waals surface area contributed by atoms with Crippen LogP contribution in [0.4, 0.5) is 5.69 Å². The third kappa shape index (κ3) is 4.73. The Kier molecular flexibility index (Phi) is 6.24. The molecule has 4 nitrogen and oxygen atoms in total. The Balaban J connectivity index is 1.90. The zero-order chi connectivity index (χ0) is 19.4. The van der Waals surface area contributed by atoms with Gasteiger partial charge in [-0.05, 0) is 49.2 Å². The first-order chi connectivity index (χ1) is 13.0. The number of thioether (sulfide) groups is 1. The highest BCUT2D eigenvalue weighted by molar-refractivity contribution is 8.04. The first kappa shape index (κ1) is 19.5. The molecule has 0 aliphatic carbocycles. The molecule has 1 aliphatic rings. The lowest BCUT2D eigenvalue weighted by Crippen LogP contribution is -2.44. The van der Waals surface area contributed by atoms with E-state index in [1.54, 1.807) is 17.0 Å². The van der Waals surface area contributed by atoms with Crippen LogP contribution in [0.15, 0.2) is 58.3 Å². The zero-order valence-electron chi connectivity index (χ0n) is 15.2. The quantitative estimate of drug-likeness (QED) is 0.738. The molecule has 3 rings (SSSR count). The number of halogens is 1. The van der Waals surface area contributed by atoms with Crippen molar-refractivity contribution in [3.63, 3.8) is 0 Å². The average Bonchev–Trinajstić information content (AvgIpc) is 2.66. The van der Waals surface area contributed by atoms with Crippen LogP contribution in [0.5, 0.6) is 0 Å². The van der Waals surface area contributed by atoms with Crippen LogP contribution in [-0.2, 0) is 9.59 Å². The van der Waals surface area contributed by atoms with Crippen molar-refractivity contribution in [3.05, 3.63) is 64.0 Å². The van der Waals surface area contributed by atoms with Crippen molar-refractivity contribution in [3.8, 4) is 0 Å². The van der Waals surface area contributed by atoms with Crippen LogP contribution in [0, 0.1) is 0 Å². The molecule has 0 saturated carbocycles. The minimum Gasteiger partial charge on any atom is -0.352 e. The molecular formula is C21H21ClN2O2S. The highest BCUT2D eigenvalue weighted by Gasteiger charge is 2.30. The molecule has 1 N–H and O–H groups in total. The second-order valence-electron chi connectivity index (χ2n) is 6.40. The van der Waals surface area contributed by atoms with Gasteiger partial charge in [-0.15, -0.1) is 0 Å². The molecular weight excluding hydrogens is 380 g/mol. The van der Waals surface area contributed by atoms with E-state index in [9.17, 15) is 9.59 Å². The number of hydrogen-bond acceptors (Lipinski definition) is 3. The number of hydrogen-bond donors (Lipinski definition) is 1. The van der Waals surface area contributed by atoms with Crippen LogP contribution < -0.4 is 10.2 Å². The Morgan fingerprint density at radius 2 is 1.93 bits per heavy atom. The molecule has 140 valence electrons. The van der Waals surface area contributed by atoms with Crippen LogP contribution in [0.25, 0.3) is 6.08 Å². The van der Waals surface area contributed by atoms with Crippen molar-refractivity contribution in [2.45, 2.75) is 31.2 Å². The molecule has 2 amide bonds. The summed E-state index contributed by atoms with van der Waals surface area (Å²) in [6.45, 7) is 3.96. The Morgan fingerprint density at radius 1 is 1.22 bits per heavy atom. The smallest absolute Gasteiger partial charge is 0.265 e. The minimum absolute atomic E-state index is 0.00129. The van der Waals surface area contributed by atoms with Gasteiger partial charge in [0, 0.05) is 16.0 Å². The lowest BCUT2D eigenvalue weighted by Gasteiger charge is -2.30. The number of rotatable bonds is 5. The molecule has 0 saturated heterocycles. The van der Waals surface area contributed by atoms with Crippen molar-refractivity contribution in [1.29, 1.82) is 0 Å². The van der Waals surface area contributed by atoms with E-state index < -0.39 is 0 Å². The van der Waals surface area contributed by atoms with Gasteiger partial charge in [0.2, 0.25) is 5.91 Å². The summed E-state index contributed by atoms with van der Waals surface area (Å²) in [4.78, 5) is 28.5. The van der Waals surface area contributed by atoms with Gasteiger partial charge >= 0.3 is 0 Å². The maximum Gasteiger partial charge on any atom is 0.265 e. The van der Waals surface area contributed by atoms with Gasteiger partial charge in [0.15, 0.2) is 0 Å². The summed E-state index contributed by atoms with van der Waals surface area (Å²) < 4.78 is 0. The summed E-state index contributed by atoms with van der Waals surface area (Å²) in [6, 6.07) is 15.0. The van der Waals surface area contributed by atoms with Crippen LogP contribution in [0.3, 0.4) is 0 Å². The Labute approximate surface area is 168 Å². The molecule has 0 radical (unpaired) electrons. The van der Waals surface area contributed by atoms with Crippen molar-refractivity contribution in [1.82, 2.24) is 5.32 Å². The predicted molar refractivity (Wildman–Crippen MR) is 112 cm³/mol. The molecule has 27 heavy (non-hydrogen) atoms. The van der Waals surface area contributed by atoms with Gasteiger partial charge in [-0.3, -0.25) is 14.5 Å². The van der Waals surface area contributed by atoms with Gasteiger partial charge in [-0.1, -0.05) is 54.6 Å². The van der Waals surface area contributed by atoms with Gasteiger partial charge < -0.3 is 5.32 Å². The normalized spacial score (nSPS) is 16.2. The number of anilines is 1. The maximum atomic E-state index is 13.1. The lowest BCUT2D eigenvalue weighted by molar-refractivity contribution is -0.122. The first-order valence-corrected chi connectivity index (χ1v) is 10.0. The predicted octanol–water partition coefficient (Wildman–Crippen LogP) is 4.73. The Bertz CT molecular complexity index is 880. The van der Waals surface area contributed by atoms with E-state index in [1.807, 2.05) is 56.3 Å². The van der Waals surface area contributed by atoms with Crippen LogP contribution in [-0.4, -0.2) is 24.4 Å². The fraction of sp³-hybridized carbons (Fsp3) is 0.238. The average molecular weight is 401 g/mol. The molecule has 1 atom stereocenters. The van der Waals surface area contributed by atoms with E-state index in [1.165, 1.54) is 11.8 Å². The Hall–Kier alpha value is -2.24. The fourth-order valence-electron chi connectivity index (χ4n) is 2.70. The Morgan fingerprint density at radius 3 is 2.63 bits per heavy atom. The monoisotopic (exact) mass is 400 g/mol. The number of para-hydroxylation sites is 1. The van der Waals surface area contributed by atoms with Gasteiger partial charge in [0.05, 0.1) is 10.6 Å². The topological polar surface area (TPSA) is 49.4 Å². The number of carbonyl (C=O) groups excluding carboxylic acids is 2. The number of nitrogens with zero attached hydrogens (tertiary/aromatic N) is 1. The van der Waals surface area contributed by atoms with E-state index in [-0.39, 0.29) is 24.4 Å². The molecule has 1 heterocycles. The number of carbonyl (C=O) groups is 2. The van der Waals surface area contributed by atoms with Crippen molar-refractivity contribution >= 4 is 46.9 Å². The molecule has 0 aromatic heterocycles. The fourth-order valence-corrected chi connectivity index (χ4v) is 3.88. The van der Waals surface area contributed by atoms with Crippen molar-refractivity contribution in [2.24, 2.45) is 0 Å². The molecule has 0 bridgehead atoms. The molecule has 2 aromatic rings. The second kappa shape index (κ2) is 8.63. The summed E-state index contributed by atoms with van der Waals surface area (Å²) in [5.41, 5.74) is 1.65. The van der Waals surface area contributed by atoms with Gasteiger partial charge in [-0.2, -0.15) is 0 Å². The number of benzene rings is 2. The molecule has 1 unspecified atom stereocenters. The molecule has 0 spiro atoms. The van der Waals surface area contributed by atoms with E-state index >= 15 is 0 Å². The molecule has 2 aromatic carbocycles. The number of amides is 2. The first-order valence-electron chi connectivity index (χ1n) is 8.83. The second-order valence-corrected chi connectivity index (χ2v) is 7.92. The summed E-state index contributed by atoms with van der Waals surface area (Å²) >= 11 is 7.36. The van der Waals surface area contributed by atoms with E-state index in [0.29, 0.717) is 9.93 Å². The highest BCUT2D eigenvalue weighted by atomic mass is 35.5. The largest absolute Gasteiger partial charge is 0.352 e. The standard InChI is InChI=1S/C21H21ClN2O2S/c1-3-14(2)23-20(25)13-24-17-6-4-5-7-18(17)27-19(21(24)26)12-15-8-10-16(22)11-9-15/h4-12,14H,3,13H2,1-2H3,(H,23,25)/b19-12-. The third-order valence-electron chi connectivity index (χ3n) is 4.32. The van der Waals surface area contributed by atoms with E-state index in [4.69, 9.17) is 11.6 Å². The maximum absolute atomic E-state index is 13.1. The van der Waals surface area contributed by atoms with Gasteiger partial charge in [0.1, 0.15) is 6.54 Å². The van der Waals surface area contributed by atoms with Crippen LogP contribution >= 0.6 is 23.4 Å². The highest BCUT2D eigenvalue weighted by Crippen LogP contribution is 2.41. The summed E-state index contributed by atoms with van der Waals surface area (Å²) in [7, 11) is 0. The zero-order valence-corrected chi connectivity index (χ0v) is 16.8. The van der Waals surface area contributed by atoms with Crippen LogP contribution in [0.1, 0.15) is 25.8 Å². The minimum atomic E-state index is -0.173. The van der Waals surface area contributed by atoms with Crippen LogP contribution in [0.2, 0.25) is 5.02 Å². The van der Waals surface area contributed by atoms with E-state index in [0.717, 1.165) is 22.6 Å². The number of nitrogens with one attached hydrogen (secondary N) is 1. The molecule has 0 fully saturated rings. The third-order valence-corrected chi connectivity index (χ3v) is 5.65. The molecule has 1 aliphatic heterocycles. The number of fused-ring (bicyclic) bond motifs is 1. The summed E-state index contributed by atoms with van der Waals surface area (Å²) in [6.07, 6.45) is 2.67. The summed E-state index contributed by atoms with van der Waals surface area (Å²) in [5.74, 6) is -0.335.